The van der Waals surface area contributed by atoms with E-state index in [2.05, 4.69) is 5.32 Å². The van der Waals surface area contributed by atoms with Gasteiger partial charge < -0.3 is 5.32 Å². The van der Waals surface area contributed by atoms with Gasteiger partial charge in [0.15, 0.2) is 0 Å². The van der Waals surface area contributed by atoms with E-state index < -0.39 is 11.7 Å². The van der Waals surface area contributed by atoms with Crippen molar-refractivity contribution < 1.29 is 14.0 Å². The molecule has 4 nitrogen and oxygen atoms in total. The number of halogens is 1. The molecular weight excluding hydrogens is 327 g/mol. The zero-order valence-corrected chi connectivity index (χ0v) is 13.8. The first-order valence-electron chi connectivity index (χ1n) is 7.35. The predicted molar refractivity (Wildman–Crippen MR) is 93.9 cm³/mol. The van der Waals surface area contributed by atoms with Gasteiger partial charge in [-0.2, -0.15) is 0 Å². The Labute approximate surface area is 143 Å². The number of aryl methyl sites for hydroxylation is 1. The normalized spacial score (nSPS) is 16.1. The van der Waals surface area contributed by atoms with Crippen LogP contribution in [0.2, 0.25) is 0 Å². The Kier molecular flexibility index (Phi) is 4.66. The molecule has 1 saturated heterocycles. The van der Waals surface area contributed by atoms with Crippen molar-refractivity contribution in [2.45, 2.75) is 6.92 Å². The van der Waals surface area contributed by atoms with Gasteiger partial charge >= 0.3 is 0 Å². The molecule has 2 aromatic rings. The molecule has 0 bridgehead atoms. The maximum Gasteiger partial charge on any atom is 0.295 e. The van der Waals surface area contributed by atoms with Crippen molar-refractivity contribution in [2.24, 2.45) is 0 Å². The molecule has 1 aliphatic rings. The number of amides is 2. The van der Waals surface area contributed by atoms with Gasteiger partial charge in [0.1, 0.15) is 5.82 Å². The fourth-order valence-electron chi connectivity index (χ4n) is 2.30. The minimum Gasteiger partial charge on any atom is -0.367 e. The number of benzene rings is 2. The molecule has 6 heteroatoms. The molecular formula is C18H15FN2O2S. The molecule has 1 heterocycles. The first-order valence-corrected chi connectivity index (χ1v) is 8.17. The summed E-state index contributed by atoms with van der Waals surface area (Å²) >= 11 is 0.815. The van der Waals surface area contributed by atoms with Crippen molar-refractivity contribution in [2.75, 3.05) is 12.0 Å². The molecule has 1 aliphatic heterocycles. The number of anilines is 1. The van der Waals surface area contributed by atoms with E-state index in [0.717, 1.165) is 27.9 Å². The average molecular weight is 342 g/mol. The Morgan fingerprint density at radius 3 is 2.71 bits per heavy atom. The number of rotatable bonds is 4. The van der Waals surface area contributed by atoms with Gasteiger partial charge in [0.05, 0.1) is 11.6 Å². The molecule has 3 rings (SSSR count). The van der Waals surface area contributed by atoms with E-state index in [-0.39, 0.29) is 22.4 Å². The number of hydrogen-bond acceptors (Lipinski definition) is 4. The Balaban J connectivity index is 1.73. The summed E-state index contributed by atoms with van der Waals surface area (Å²) in [4.78, 5) is 25.8. The zero-order chi connectivity index (χ0) is 17.1. The topological polar surface area (TPSA) is 49.4 Å². The van der Waals surface area contributed by atoms with Crippen LogP contribution in [0.3, 0.4) is 0 Å². The van der Waals surface area contributed by atoms with E-state index >= 15 is 0 Å². The Bertz CT molecular complexity index is 835. The highest BCUT2D eigenvalue weighted by atomic mass is 32.2. The molecule has 0 aliphatic carbocycles. The molecule has 2 amide bonds. The summed E-state index contributed by atoms with van der Waals surface area (Å²) in [6.07, 6.45) is 1.41. The summed E-state index contributed by atoms with van der Waals surface area (Å²) in [5, 5.41) is 2.68. The number of thioether (sulfide) groups is 1. The molecule has 0 aromatic heterocycles. The maximum atomic E-state index is 13.7. The first-order chi connectivity index (χ1) is 11.5. The summed E-state index contributed by atoms with van der Waals surface area (Å²) in [5.74, 6) is -0.851. The number of nitrogens with zero attached hydrogens (tertiary/aromatic N) is 1. The Morgan fingerprint density at radius 1 is 1.17 bits per heavy atom. The summed E-state index contributed by atoms with van der Waals surface area (Å²) in [5.41, 5.74) is 2.19. The maximum absolute atomic E-state index is 13.7. The van der Waals surface area contributed by atoms with Gasteiger partial charge in [-0.3, -0.25) is 14.5 Å². The molecule has 0 saturated carbocycles. The number of imide groups is 1. The van der Waals surface area contributed by atoms with Crippen molar-refractivity contribution >= 4 is 34.7 Å². The minimum absolute atomic E-state index is 0.0722. The van der Waals surface area contributed by atoms with Gasteiger partial charge in [0.2, 0.25) is 0 Å². The first kappa shape index (κ1) is 16.3. The van der Waals surface area contributed by atoms with Crippen LogP contribution in [-0.4, -0.2) is 22.7 Å². The second-order valence-electron chi connectivity index (χ2n) is 5.34. The second-order valence-corrected chi connectivity index (χ2v) is 6.33. The lowest BCUT2D eigenvalue weighted by molar-refractivity contribution is -0.122. The molecule has 0 unspecified atom stereocenters. The Morgan fingerprint density at radius 2 is 1.96 bits per heavy atom. The number of hydrogen-bond donors (Lipinski definition) is 1. The molecule has 0 spiro atoms. The summed E-state index contributed by atoms with van der Waals surface area (Å²) in [6.45, 7) is 2.03. The molecule has 24 heavy (non-hydrogen) atoms. The highest BCUT2D eigenvalue weighted by Gasteiger charge is 2.34. The number of carbonyl (C=O) groups is 2. The standard InChI is InChI=1S/C18H15FN2O2S/c1-12-5-4-7-14(9-12)20-11-21-17(22)16(24-18(21)23)10-13-6-2-3-8-15(13)19/h2-10,20H,11H2,1H3. The van der Waals surface area contributed by atoms with E-state index in [9.17, 15) is 14.0 Å². The van der Waals surface area contributed by atoms with Crippen molar-refractivity contribution in [3.05, 3.63) is 70.4 Å². The number of carbonyl (C=O) groups excluding carboxylic acids is 2. The SMILES string of the molecule is Cc1cccc(NCN2C(=O)SC(=Cc3ccccc3F)C2=O)c1. The molecule has 0 atom stereocenters. The molecule has 0 radical (unpaired) electrons. The molecule has 2 aromatic carbocycles. The fourth-order valence-corrected chi connectivity index (χ4v) is 3.12. The van der Waals surface area contributed by atoms with Crippen LogP contribution in [0.25, 0.3) is 6.08 Å². The van der Waals surface area contributed by atoms with Gasteiger partial charge in [-0.05, 0) is 48.5 Å². The van der Waals surface area contributed by atoms with Crippen molar-refractivity contribution in [1.82, 2.24) is 4.90 Å². The smallest absolute Gasteiger partial charge is 0.295 e. The fraction of sp³-hybridized carbons (Fsp3) is 0.111. The Hall–Kier alpha value is -2.60. The monoisotopic (exact) mass is 342 g/mol. The van der Waals surface area contributed by atoms with Gasteiger partial charge in [0, 0.05) is 11.3 Å². The van der Waals surface area contributed by atoms with Crippen LogP contribution in [0.15, 0.2) is 53.4 Å². The van der Waals surface area contributed by atoms with Gasteiger partial charge in [-0.25, -0.2) is 4.39 Å². The number of nitrogens with one attached hydrogen (secondary N) is 1. The quantitative estimate of drug-likeness (QED) is 0.845. The lowest BCUT2D eigenvalue weighted by Gasteiger charge is -2.14. The van der Waals surface area contributed by atoms with Crippen molar-refractivity contribution in [3.63, 3.8) is 0 Å². The lowest BCUT2D eigenvalue weighted by Crippen LogP contribution is -2.33. The minimum atomic E-state index is -0.429. The van der Waals surface area contributed by atoms with E-state index in [1.807, 2.05) is 31.2 Å². The summed E-state index contributed by atoms with van der Waals surface area (Å²) < 4.78 is 13.7. The van der Waals surface area contributed by atoms with Gasteiger partial charge in [-0.15, -0.1) is 0 Å². The lowest BCUT2D eigenvalue weighted by atomic mass is 10.2. The molecule has 1 fully saturated rings. The van der Waals surface area contributed by atoms with Crippen LogP contribution in [-0.2, 0) is 4.79 Å². The van der Waals surface area contributed by atoms with Gasteiger partial charge in [-0.1, -0.05) is 30.3 Å². The summed E-state index contributed by atoms with van der Waals surface area (Å²) in [7, 11) is 0. The molecule has 122 valence electrons. The van der Waals surface area contributed by atoms with Crippen LogP contribution in [0.1, 0.15) is 11.1 Å². The van der Waals surface area contributed by atoms with Crippen molar-refractivity contribution in [3.8, 4) is 0 Å². The van der Waals surface area contributed by atoms with Crippen LogP contribution < -0.4 is 5.32 Å². The van der Waals surface area contributed by atoms with E-state index in [1.165, 1.54) is 12.1 Å². The van der Waals surface area contributed by atoms with Crippen LogP contribution in [0.5, 0.6) is 0 Å². The zero-order valence-electron chi connectivity index (χ0n) is 13.0. The second kappa shape index (κ2) is 6.88. The third kappa shape index (κ3) is 3.49. The summed E-state index contributed by atoms with van der Waals surface area (Å²) in [6, 6.07) is 13.8. The van der Waals surface area contributed by atoms with E-state index in [4.69, 9.17) is 0 Å². The largest absolute Gasteiger partial charge is 0.367 e. The predicted octanol–water partition coefficient (Wildman–Crippen LogP) is 4.24. The van der Waals surface area contributed by atoms with E-state index in [1.54, 1.807) is 18.2 Å². The average Bonchev–Trinajstić information content (AvgIpc) is 2.82. The molecule has 1 N–H and O–H groups in total. The van der Waals surface area contributed by atoms with Gasteiger partial charge in [0.25, 0.3) is 11.1 Å². The van der Waals surface area contributed by atoms with Crippen molar-refractivity contribution in [1.29, 1.82) is 0 Å². The third-order valence-electron chi connectivity index (χ3n) is 3.52. The van der Waals surface area contributed by atoms with Crippen LogP contribution in [0, 0.1) is 12.7 Å². The highest BCUT2D eigenvalue weighted by Crippen LogP contribution is 2.32. The van der Waals surface area contributed by atoms with Crippen LogP contribution >= 0.6 is 11.8 Å². The van der Waals surface area contributed by atoms with Crippen LogP contribution in [0.4, 0.5) is 14.9 Å². The highest BCUT2D eigenvalue weighted by molar-refractivity contribution is 8.18. The van der Waals surface area contributed by atoms with E-state index in [0.29, 0.717) is 0 Å². The third-order valence-corrected chi connectivity index (χ3v) is 4.43.